The molecule has 0 bridgehead atoms. The number of unbranched alkanes of at least 4 members (excludes halogenated alkanes) is 39. The monoisotopic (exact) mass is 889 g/mol. The lowest BCUT2D eigenvalue weighted by Crippen LogP contribution is -2.30. The molecule has 63 heavy (non-hydrogen) atoms. The molecule has 0 radical (unpaired) electrons. The van der Waals surface area contributed by atoms with Crippen molar-refractivity contribution in [3.05, 3.63) is 12.2 Å². The minimum Gasteiger partial charge on any atom is -0.462 e. The molecule has 0 aromatic carbocycles. The average Bonchev–Trinajstić information content (AvgIpc) is 3.28. The van der Waals surface area contributed by atoms with Crippen LogP contribution in [0, 0.1) is 0 Å². The standard InChI is InChI=1S/C57H108O6/c1-4-7-10-13-16-19-22-25-27-29-32-35-38-41-44-47-50-56(59)62-53-54(52-61-55(58)49-46-43-40-37-34-31-24-21-18-15-12-9-6-3)63-57(60)51-48-45-42-39-36-33-30-28-26-23-20-17-14-11-8-5-2/h31,34,54H,4-30,32-33,35-53H2,1-3H3/b34-31-. The molecule has 0 rings (SSSR count). The van der Waals surface area contributed by atoms with Crippen molar-refractivity contribution in [1.82, 2.24) is 0 Å². The quantitative estimate of drug-likeness (QED) is 0.0262. The van der Waals surface area contributed by atoms with Gasteiger partial charge in [-0.1, -0.05) is 264 Å². The summed E-state index contributed by atoms with van der Waals surface area (Å²) in [5.41, 5.74) is 0. The predicted octanol–water partition coefficient (Wildman–Crippen LogP) is 18.5. The van der Waals surface area contributed by atoms with Crippen molar-refractivity contribution in [3.8, 4) is 0 Å². The van der Waals surface area contributed by atoms with Gasteiger partial charge < -0.3 is 14.2 Å². The molecule has 1 unspecified atom stereocenters. The highest BCUT2D eigenvalue weighted by atomic mass is 16.6. The normalized spacial score (nSPS) is 12.0. The maximum atomic E-state index is 12.8. The summed E-state index contributed by atoms with van der Waals surface area (Å²) < 4.78 is 16.8. The molecule has 0 N–H and O–H groups in total. The van der Waals surface area contributed by atoms with Gasteiger partial charge in [0.05, 0.1) is 0 Å². The number of hydrogen-bond acceptors (Lipinski definition) is 6. The number of esters is 3. The van der Waals surface area contributed by atoms with E-state index in [0.717, 1.165) is 64.2 Å². The summed E-state index contributed by atoms with van der Waals surface area (Å²) in [4.78, 5) is 38.1. The first-order valence-electron chi connectivity index (χ1n) is 28.2. The number of ether oxygens (including phenoxy) is 3. The molecule has 0 saturated heterocycles. The van der Waals surface area contributed by atoms with Gasteiger partial charge >= 0.3 is 17.9 Å². The molecule has 0 spiro atoms. The van der Waals surface area contributed by atoms with Crippen molar-refractivity contribution in [1.29, 1.82) is 0 Å². The van der Waals surface area contributed by atoms with Crippen LogP contribution in [0.4, 0.5) is 0 Å². The van der Waals surface area contributed by atoms with E-state index in [9.17, 15) is 14.4 Å². The Morgan fingerprint density at radius 3 is 0.810 bits per heavy atom. The zero-order valence-corrected chi connectivity index (χ0v) is 42.6. The number of allylic oxidation sites excluding steroid dienone is 2. The first kappa shape index (κ1) is 61.1. The van der Waals surface area contributed by atoms with Crippen molar-refractivity contribution in [2.75, 3.05) is 13.2 Å². The third-order valence-corrected chi connectivity index (χ3v) is 12.8. The molecule has 372 valence electrons. The van der Waals surface area contributed by atoms with E-state index in [4.69, 9.17) is 14.2 Å². The maximum Gasteiger partial charge on any atom is 0.306 e. The van der Waals surface area contributed by atoms with Crippen LogP contribution in [0.5, 0.6) is 0 Å². The summed E-state index contributed by atoms with van der Waals surface area (Å²) in [6.07, 6.45) is 59.1. The fourth-order valence-electron chi connectivity index (χ4n) is 8.50. The highest BCUT2D eigenvalue weighted by molar-refractivity contribution is 5.71. The van der Waals surface area contributed by atoms with E-state index in [0.29, 0.717) is 19.3 Å². The first-order chi connectivity index (χ1) is 31.0. The van der Waals surface area contributed by atoms with Gasteiger partial charge in [-0.3, -0.25) is 14.4 Å². The van der Waals surface area contributed by atoms with E-state index in [-0.39, 0.29) is 31.1 Å². The van der Waals surface area contributed by atoms with E-state index in [1.165, 1.54) is 212 Å². The van der Waals surface area contributed by atoms with Crippen LogP contribution in [0.15, 0.2) is 12.2 Å². The fourth-order valence-corrected chi connectivity index (χ4v) is 8.50. The van der Waals surface area contributed by atoms with Crippen LogP contribution in [-0.2, 0) is 28.6 Å². The second-order valence-electron chi connectivity index (χ2n) is 19.2. The van der Waals surface area contributed by atoms with Gasteiger partial charge in [-0.15, -0.1) is 0 Å². The third-order valence-electron chi connectivity index (χ3n) is 12.8. The van der Waals surface area contributed by atoms with Crippen LogP contribution in [-0.4, -0.2) is 37.2 Å². The molecule has 6 heteroatoms. The highest BCUT2D eigenvalue weighted by Crippen LogP contribution is 2.17. The first-order valence-corrected chi connectivity index (χ1v) is 28.2. The average molecular weight is 889 g/mol. The Bertz CT molecular complexity index is 978. The molecular formula is C57H108O6. The van der Waals surface area contributed by atoms with Crippen LogP contribution in [0.2, 0.25) is 0 Å². The molecule has 0 aromatic heterocycles. The van der Waals surface area contributed by atoms with E-state index < -0.39 is 6.10 Å². The van der Waals surface area contributed by atoms with E-state index in [2.05, 4.69) is 32.9 Å². The SMILES string of the molecule is CCCCCCCC/C=C\CCCCCC(=O)OCC(COC(=O)CCCCCCCCCCCCCCCCCC)OC(=O)CCCCCCCCCCCCCCCCCC. The molecular weight excluding hydrogens is 781 g/mol. The zero-order valence-electron chi connectivity index (χ0n) is 42.6. The zero-order chi connectivity index (χ0) is 45.8. The topological polar surface area (TPSA) is 78.9 Å². The second-order valence-corrected chi connectivity index (χ2v) is 19.2. The van der Waals surface area contributed by atoms with Crippen molar-refractivity contribution >= 4 is 17.9 Å². The molecule has 0 aromatic rings. The molecule has 6 nitrogen and oxygen atoms in total. The minimum atomic E-state index is -0.769. The number of hydrogen-bond donors (Lipinski definition) is 0. The molecule has 0 saturated carbocycles. The Labute approximate surface area is 392 Å². The Balaban J connectivity index is 4.32. The maximum absolute atomic E-state index is 12.8. The van der Waals surface area contributed by atoms with Crippen LogP contribution in [0.25, 0.3) is 0 Å². The Kier molecular flexibility index (Phi) is 51.2. The largest absolute Gasteiger partial charge is 0.462 e. The van der Waals surface area contributed by atoms with Gasteiger partial charge in [-0.25, -0.2) is 0 Å². The summed E-state index contributed by atoms with van der Waals surface area (Å²) in [7, 11) is 0. The molecule has 1 atom stereocenters. The summed E-state index contributed by atoms with van der Waals surface area (Å²) in [5.74, 6) is -0.863. The van der Waals surface area contributed by atoms with E-state index >= 15 is 0 Å². The summed E-state index contributed by atoms with van der Waals surface area (Å²) in [6, 6.07) is 0. The lowest BCUT2D eigenvalue weighted by molar-refractivity contribution is -0.167. The van der Waals surface area contributed by atoms with E-state index in [1.807, 2.05) is 0 Å². The van der Waals surface area contributed by atoms with Gasteiger partial charge in [0.25, 0.3) is 0 Å². The van der Waals surface area contributed by atoms with Crippen LogP contribution >= 0.6 is 0 Å². The van der Waals surface area contributed by atoms with Gasteiger partial charge in [0, 0.05) is 19.3 Å². The van der Waals surface area contributed by atoms with E-state index in [1.54, 1.807) is 0 Å². The Morgan fingerprint density at radius 1 is 0.302 bits per heavy atom. The fraction of sp³-hybridized carbons (Fsp3) is 0.912. The van der Waals surface area contributed by atoms with Gasteiger partial charge in [-0.2, -0.15) is 0 Å². The highest BCUT2D eigenvalue weighted by Gasteiger charge is 2.19. The minimum absolute atomic E-state index is 0.0687. The summed E-state index contributed by atoms with van der Waals surface area (Å²) in [5, 5.41) is 0. The molecule has 0 aliphatic rings. The Morgan fingerprint density at radius 2 is 0.524 bits per heavy atom. The van der Waals surface area contributed by atoms with Crippen molar-refractivity contribution in [3.63, 3.8) is 0 Å². The van der Waals surface area contributed by atoms with Crippen molar-refractivity contribution < 1.29 is 28.6 Å². The summed E-state index contributed by atoms with van der Waals surface area (Å²) in [6.45, 7) is 6.67. The second kappa shape index (κ2) is 52.8. The number of carbonyl (C=O) groups is 3. The van der Waals surface area contributed by atoms with Crippen LogP contribution in [0.1, 0.15) is 316 Å². The lowest BCUT2D eigenvalue weighted by Gasteiger charge is -2.18. The number of carbonyl (C=O) groups excluding carboxylic acids is 3. The molecule has 0 heterocycles. The van der Waals surface area contributed by atoms with Crippen LogP contribution < -0.4 is 0 Å². The molecule has 0 aliphatic carbocycles. The van der Waals surface area contributed by atoms with Gasteiger partial charge in [0.15, 0.2) is 6.10 Å². The van der Waals surface area contributed by atoms with Crippen molar-refractivity contribution in [2.45, 2.75) is 322 Å². The summed E-state index contributed by atoms with van der Waals surface area (Å²) >= 11 is 0. The Hall–Kier alpha value is -1.85. The molecule has 0 amide bonds. The van der Waals surface area contributed by atoms with Gasteiger partial charge in [-0.05, 0) is 44.9 Å². The van der Waals surface area contributed by atoms with Gasteiger partial charge in [0.2, 0.25) is 0 Å². The smallest absolute Gasteiger partial charge is 0.306 e. The van der Waals surface area contributed by atoms with Gasteiger partial charge in [0.1, 0.15) is 13.2 Å². The number of rotatable bonds is 52. The predicted molar refractivity (Wildman–Crippen MR) is 270 cm³/mol. The molecule has 0 aliphatic heterocycles. The lowest BCUT2D eigenvalue weighted by atomic mass is 10.0. The third kappa shape index (κ3) is 51.0. The van der Waals surface area contributed by atoms with Crippen molar-refractivity contribution in [2.24, 2.45) is 0 Å². The molecule has 0 fully saturated rings. The van der Waals surface area contributed by atoms with Crippen LogP contribution in [0.3, 0.4) is 0 Å².